The predicted octanol–water partition coefficient (Wildman–Crippen LogP) is 3.45. The number of carbonyl (C=O) groups is 1. The maximum absolute atomic E-state index is 13.2. The number of amides is 1. The maximum atomic E-state index is 13.2. The lowest BCUT2D eigenvalue weighted by Crippen LogP contribution is -2.46. The van der Waals surface area contributed by atoms with E-state index in [0.717, 1.165) is 5.56 Å². The number of carbonyl (C=O) groups excluding carboxylic acids is 1. The van der Waals surface area contributed by atoms with Crippen LogP contribution in [0, 0.1) is 0 Å². The minimum absolute atomic E-state index is 0.175. The Labute approximate surface area is 151 Å². The van der Waals surface area contributed by atoms with Crippen LogP contribution in [-0.4, -0.2) is 23.6 Å². The highest BCUT2D eigenvalue weighted by atomic mass is 16.6. The van der Waals surface area contributed by atoms with Crippen LogP contribution >= 0.6 is 0 Å². The van der Waals surface area contributed by atoms with Crippen molar-refractivity contribution < 1.29 is 14.3 Å². The van der Waals surface area contributed by atoms with Gasteiger partial charge in [0, 0.05) is 6.20 Å². The second-order valence-electron chi connectivity index (χ2n) is 5.96. The second kappa shape index (κ2) is 7.27. The molecule has 2 aromatic carbocycles. The van der Waals surface area contributed by atoms with Gasteiger partial charge in [0.1, 0.15) is 12.4 Å². The summed E-state index contributed by atoms with van der Waals surface area (Å²) in [6, 6.07) is 22.7. The molecular formula is C21H18N2O3. The summed E-state index contributed by atoms with van der Waals surface area (Å²) in [5.41, 5.74) is 1.02. The first kappa shape index (κ1) is 16.1. The molecule has 4 rings (SSSR count). The highest BCUT2D eigenvalue weighted by molar-refractivity contribution is 5.96. The second-order valence-corrected chi connectivity index (χ2v) is 5.96. The van der Waals surface area contributed by atoms with Gasteiger partial charge in [0.2, 0.25) is 6.10 Å². The lowest BCUT2D eigenvalue weighted by molar-refractivity contribution is -0.127. The van der Waals surface area contributed by atoms with Crippen LogP contribution in [0.3, 0.4) is 0 Å². The van der Waals surface area contributed by atoms with E-state index >= 15 is 0 Å². The Morgan fingerprint density at radius 1 is 0.962 bits per heavy atom. The molecule has 0 bridgehead atoms. The Balaban J connectivity index is 1.60. The highest BCUT2D eigenvalue weighted by Crippen LogP contribution is 2.31. The Morgan fingerprint density at radius 2 is 1.69 bits per heavy atom. The lowest BCUT2D eigenvalue weighted by Gasteiger charge is -2.30. The van der Waals surface area contributed by atoms with Crippen LogP contribution in [0.1, 0.15) is 5.56 Å². The molecule has 2 heterocycles. The summed E-state index contributed by atoms with van der Waals surface area (Å²) >= 11 is 0. The van der Waals surface area contributed by atoms with Gasteiger partial charge in [0.05, 0.1) is 6.54 Å². The van der Waals surface area contributed by atoms with Crippen molar-refractivity contribution in [3.63, 3.8) is 0 Å². The van der Waals surface area contributed by atoms with Gasteiger partial charge in [-0.2, -0.15) is 0 Å². The molecule has 1 amide bonds. The van der Waals surface area contributed by atoms with E-state index in [-0.39, 0.29) is 12.5 Å². The molecule has 0 saturated carbocycles. The lowest BCUT2D eigenvalue weighted by atomic mass is 10.2. The van der Waals surface area contributed by atoms with E-state index in [9.17, 15) is 4.79 Å². The first-order valence-electron chi connectivity index (χ1n) is 8.46. The molecule has 3 aromatic rings. The zero-order valence-corrected chi connectivity index (χ0v) is 14.1. The number of nitrogens with zero attached hydrogens (tertiary/aromatic N) is 2. The van der Waals surface area contributed by atoms with Gasteiger partial charge >= 0.3 is 0 Å². The predicted molar refractivity (Wildman–Crippen MR) is 98.2 cm³/mol. The van der Waals surface area contributed by atoms with Gasteiger partial charge in [0.25, 0.3) is 5.91 Å². The van der Waals surface area contributed by atoms with Gasteiger partial charge in [-0.25, -0.2) is 4.98 Å². The maximum Gasteiger partial charge on any atom is 0.273 e. The van der Waals surface area contributed by atoms with E-state index in [4.69, 9.17) is 9.47 Å². The number of ether oxygens (including phenoxy) is 2. The van der Waals surface area contributed by atoms with Crippen LogP contribution in [0.25, 0.3) is 0 Å². The van der Waals surface area contributed by atoms with Crippen molar-refractivity contribution >= 4 is 11.7 Å². The number of hydrogen-bond donors (Lipinski definition) is 0. The minimum atomic E-state index is -0.712. The van der Waals surface area contributed by atoms with Crippen LogP contribution in [0.5, 0.6) is 11.5 Å². The van der Waals surface area contributed by atoms with E-state index in [0.29, 0.717) is 23.9 Å². The summed E-state index contributed by atoms with van der Waals surface area (Å²) in [6.45, 7) is 0.589. The average Bonchev–Trinajstić information content (AvgIpc) is 2.72. The third-order valence-electron chi connectivity index (χ3n) is 4.16. The fourth-order valence-electron chi connectivity index (χ4n) is 2.87. The molecule has 0 N–H and O–H groups in total. The topological polar surface area (TPSA) is 51.7 Å². The first-order valence-corrected chi connectivity index (χ1v) is 8.46. The molecule has 0 aliphatic carbocycles. The van der Waals surface area contributed by atoms with Crippen molar-refractivity contribution in [2.75, 3.05) is 11.5 Å². The quantitative estimate of drug-likeness (QED) is 0.726. The smallest absolute Gasteiger partial charge is 0.273 e. The van der Waals surface area contributed by atoms with Crippen LogP contribution in [0.2, 0.25) is 0 Å². The van der Waals surface area contributed by atoms with E-state index in [1.165, 1.54) is 0 Å². The van der Waals surface area contributed by atoms with Crippen LogP contribution in [-0.2, 0) is 11.3 Å². The monoisotopic (exact) mass is 346 g/mol. The first-order chi connectivity index (χ1) is 12.8. The molecule has 0 unspecified atom stereocenters. The molecule has 1 aliphatic rings. The molecular weight excluding hydrogens is 328 g/mol. The summed E-state index contributed by atoms with van der Waals surface area (Å²) in [6.07, 6.45) is 0.962. The van der Waals surface area contributed by atoms with Gasteiger partial charge in [0.15, 0.2) is 11.5 Å². The number of rotatable bonds is 4. The van der Waals surface area contributed by atoms with Crippen LogP contribution in [0.4, 0.5) is 5.82 Å². The number of pyridine rings is 1. The molecule has 130 valence electrons. The van der Waals surface area contributed by atoms with E-state index in [2.05, 4.69) is 4.98 Å². The largest absolute Gasteiger partial charge is 0.485 e. The van der Waals surface area contributed by atoms with Crippen molar-refractivity contribution in [2.24, 2.45) is 0 Å². The summed E-state index contributed by atoms with van der Waals surface area (Å²) in [4.78, 5) is 19.2. The van der Waals surface area contributed by atoms with Crippen molar-refractivity contribution in [1.29, 1.82) is 0 Å². The number of para-hydroxylation sites is 2. The summed E-state index contributed by atoms with van der Waals surface area (Å²) < 4.78 is 11.6. The summed E-state index contributed by atoms with van der Waals surface area (Å²) in [5, 5.41) is 0. The van der Waals surface area contributed by atoms with Gasteiger partial charge < -0.3 is 9.47 Å². The fraction of sp³-hybridized carbons (Fsp3) is 0.143. The van der Waals surface area contributed by atoms with Crippen molar-refractivity contribution in [2.45, 2.75) is 12.6 Å². The Kier molecular flexibility index (Phi) is 4.51. The summed E-state index contributed by atoms with van der Waals surface area (Å²) in [5.74, 6) is 1.65. The average molecular weight is 346 g/mol. The number of fused-ring (bicyclic) bond motifs is 1. The normalized spacial score (nSPS) is 15.3. The van der Waals surface area contributed by atoms with Crippen molar-refractivity contribution in [1.82, 2.24) is 4.98 Å². The molecule has 0 spiro atoms. The van der Waals surface area contributed by atoms with Crippen molar-refractivity contribution in [3.05, 3.63) is 84.6 Å². The van der Waals surface area contributed by atoms with Crippen LogP contribution in [0.15, 0.2) is 79.0 Å². The molecule has 5 nitrogen and oxygen atoms in total. The molecule has 0 saturated heterocycles. The highest BCUT2D eigenvalue weighted by Gasteiger charge is 2.32. The van der Waals surface area contributed by atoms with Gasteiger partial charge in [-0.05, 0) is 29.8 Å². The van der Waals surface area contributed by atoms with Gasteiger partial charge in [-0.1, -0.05) is 48.5 Å². The molecule has 26 heavy (non-hydrogen) atoms. The molecule has 0 fully saturated rings. The molecule has 5 heteroatoms. The third kappa shape index (κ3) is 3.37. The Morgan fingerprint density at radius 3 is 2.46 bits per heavy atom. The molecule has 0 radical (unpaired) electrons. The SMILES string of the molecule is O=C([C@@H]1COc2ccccc2O1)N(Cc1ccccc1)c1ccccn1. The Hall–Kier alpha value is -3.34. The number of anilines is 1. The third-order valence-corrected chi connectivity index (χ3v) is 4.16. The summed E-state index contributed by atoms with van der Waals surface area (Å²) in [7, 11) is 0. The minimum Gasteiger partial charge on any atom is -0.485 e. The zero-order chi connectivity index (χ0) is 17.8. The standard InChI is InChI=1S/C21H18N2O3/c24-21(19-15-25-17-10-4-5-11-18(17)26-19)23(20-12-6-7-13-22-20)14-16-8-2-1-3-9-16/h1-13,19H,14-15H2/t19-/m0/s1. The fourth-order valence-corrected chi connectivity index (χ4v) is 2.87. The Bertz CT molecular complexity index is 884. The van der Waals surface area contributed by atoms with E-state index in [1.807, 2.05) is 66.7 Å². The van der Waals surface area contributed by atoms with E-state index in [1.54, 1.807) is 17.2 Å². The molecule has 1 aromatic heterocycles. The number of aromatic nitrogens is 1. The van der Waals surface area contributed by atoms with E-state index < -0.39 is 6.10 Å². The number of hydrogen-bond acceptors (Lipinski definition) is 4. The number of benzene rings is 2. The molecule has 1 atom stereocenters. The molecule has 1 aliphatic heterocycles. The van der Waals surface area contributed by atoms with Crippen LogP contribution < -0.4 is 14.4 Å². The zero-order valence-electron chi connectivity index (χ0n) is 14.1. The van der Waals surface area contributed by atoms with Crippen molar-refractivity contribution in [3.8, 4) is 11.5 Å². The van der Waals surface area contributed by atoms with Gasteiger partial charge in [-0.3, -0.25) is 9.69 Å². The van der Waals surface area contributed by atoms with Gasteiger partial charge in [-0.15, -0.1) is 0 Å².